The Kier molecular flexibility index (Phi) is 3.77. The third kappa shape index (κ3) is 2.73. The summed E-state index contributed by atoms with van der Waals surface area (Å²) in [5.74, 6) is 2.11. The van der Waals surface area contributed by atoms with E-state index in [-0.39, 0.29) is 0 Å². The van der Waals surface area contributed by atoms with Gasteiger partial charge in [0.2, 0.25) is 0 Å². The first-order valence-electron chi connectivity index (χ1n) is 4.26. The van der Waals surface area contributed by atoms with Gasteiger partial charge in [-0.1, -0.05) is 6.42 Å². The number of amidine groups is 1. The summed E-state index contributed by atoms with van der Waals surface area (Å²) in [4.78, 5) is 4.22. The van der Waals surface area contributed by atoms with Crippen molar-refractivity contribution in [3.63, 3.8) is 0 Å². The molecule has 1 saturated heterocycles. The molecule has 1 unspecified atom stereocenters. The lowest BCUT2D eigenvalue weighted by Crippen LogP contribution is -2.28. The van der Waals surface area contributed by atoms with Crippen molar-refractivity contribution < 1.29 is 0 Å². The second-order valence-corrected chi connectivity index (χ2v) is 4.07. The minimum Gasteiger partial charge on any atom is -0.387 e. The fourth-order valence-electron chi connectivity index (χ4n) is 1.26. The van der Waals surface area contributed by atoms with Gasteiger partial charge in [0.1, 0.15) is 5.84 Å². The number of hydrogen-bond donors (Lipinski definition) is 1. The highest BCUT2D eigenvalue weighted by atomic mass is 32.2. The molecule has 0 aromatic rings. The van der Waals surface area contributed by atoms with Crippen LogP contribution in [0.3, 0.4) is 0 Å². The highest BCUT2D eigenvalue weighted by molar-refractivity contribution is 8.00. The molecule has 0 saturated carbocycles. The zero-order valence-corrected chi connectivity index (χ0v) is 7.86. The Balaban J connectivity index is 2.38. The second-order valence-electron chi connectivity index (χ2n) is 2.75. The predicted molar refractivity (Wildman–Crippen MR) is 52.3 cm³/mol. The fraction of sp³-hybridized carbons (Fsp3) is 0.875. The van der Waals surface area contributed by atoms with Crippen LogP contribution in [0.4, 0.5) is 0 Å². The maximum Gasteiger partial charge on any atom is 0.107 e. The molecule has 1 rings (SSSR count). The molecule has 11 heavy (non-hydrogen) atoms. The molecule has 0 aliphatic carbocycles. The lowest BCUT2D eigenvalue weighted by Gasteiger charge is -2.20. The van der Waals surface area contributed by atoms with E-state index in [1.54, 1.807) is 0 Å². The van der Waals surface area contributed by atoms with Crippen LogP contribution < -0.4 is 5.73 Å². The maximum atomic E-state index is 5.79. The Bertz CT molecular complexity index is 139. The highest BCUT2D eigenvalue weighted by Crippen LogP contribution is 2.24. The summed E-state index contributed by atoms with van der Waals surface area (Å²) in [5.41, 5.74) is 5.79. The fourth-order valence-corrected chi connectivity index (χ4v) is 2.49. The minimum atomic E-state index is 0.517. The molecule has 2 N–H and O–H groups in total. The van der Waals surface area contributed by atoms with Crippen molar-refractivity contribution in [1.29, 1.82) is 0 Å². The molecule has 1 aliphatic rings. The van der Waals surface area contributed by atoms with E-state index in [2.05, 4.69) is 4.99 Å². The van der Waals surface area contributed by atoms with Crippen LogP contribution >= 0.6 is 11.8 Å². The van der Waals surface area contributed by atoms with Gasteiger partial charge in [-0.2, -0.15) is 11.8 Å². The van der Waals surface area contributed by atoms with Gasteiger partial charge in [0, 0.05) is 6.54 Å². The molecule has 0 aromatic carbocycles. The van der Waals surface area contributed by atoms with E-state index in [0.717, 1.165) is 12.4 Å². The van der Waals surface area contributed by atoms with Crippen LogP contribution in [0.5, 0.6) is 0 Å². The summed E-state index contributed by atoms with van der Waals surface area (Å²) < 4.78 is 0. The van der Waals surface area contributed by atoms with Crippen molar-refractivity contribution in [3.05, 3.63) is 0 Å². The van der Waals surface area contributed by atoms with E-state index in [4.69, 9.17) is 5.73 Å². The predicted octanol–water partition coefficient (Wildman–Crippen LogP) is 1.65. The molecule has 0 bridgehead atoms. The van der Waals surface area contributed by atoms with Crippen LogP contribution in [-0.4, -0.2) is 23.4 Å². The summed E-state index contributed by atoms with van der Waals surface area (Å²) in [7, 11) is 0. The zero-order chi connectivity index (χ0) is 8.10. The van der Waals surface area contributed by atoms with Crippen molar-refractivity contribution in [2.75, 3.05) is 12.3 Å². The van der Waals surface area contributed by atoms with Crippen molar-refractivity contribution in [2.24, 2.45) is 10.7 Å². The van der Waals surface area contributed by atoms with Crippen LogP contribution in [0.1, 0.15) is 26.2 Å². The van der Waals surface area contributed by atoms with E-state index in [0.29, 0.717) is 5.25 Å². The number of aliphatic imine (C=N–C) groups is 1. The Labute approximate surface area is 72.6 Å². The molecular weight excluding hydrogens is 156 g/mol. The normalized spacial score (nSPS) is 27.0. The van der Waals surface area contributed by atoms with Gasteiger partial charge in [0.25, 0.3) is 0 Å². The van der Waals surface area contributed by atoms with E-state index >= 15 is 0 Å². The first-order valence-corrected chi connectivity index (χ1v) is 5.31. The molecule has 1 aliphatic heterocycles. The average molecular weight is 172 g/mol. The molecule has 64 valence electrons. The monoisotopic (exact) mass is 172 g/mol. The molecule has 2 nitrogen and oxygen atoms in total. The van der Waals surface area contributed by atoms with Crippen LogP contribution in [0, 0.1) is 0 Å². The summed E-state index contributed by atoms with van der Waals surface area (Å²) >= 11 is 1.96. The van der Waals surface area contributed by atoms with Gasteiger partial charge in [-0.05, 0) is 25.5 Å². The number of nitrogens with two attached hydrogens (primary N) is 1. The smallest absolute Gasteiger partial charge is 0.107 e. The molecule has 0 amide bonds. The van der Waals surface area contributed by atoms with Crippen LogP contribution in [-0.2, 0) is 0 Å². The van der Waals surface area contributed by atoms with E-state index in [1.165, 1.54) is 25.0 Å². The van der Waals surface area contributed by atoms with E-state index in [1.807, 2.05) is 18.7 Å². The summed E-state index contributed by atoms with van der Waals surface area (Å²) in [6, 6.07) is 0. The standard InChI is InChI=1S/C8H16N2S/c1-2-10-8(9)7-5-3-4-6-11-7/h7H,2-6H2,1H3,(H2,9,10). The molecular formula is C8H16N2S. The van der Waals surface area contributed by atoms with Gasteiger partial charge < -0.3 is 5.73 Å². The van der Waals surface area contributed by atoms with Crippen molar-refractivity contribution in [1.82, 2.24) is 0 Å². The van der Waals surface area contributed by atoms with Gasteiger partial charge in [-0.3, -0.25) is 4.99 Å². The van der Waals surface area contributed by atoms with Gasteiger partial charge in [0.15, 0.2) is 0 Å². The van der Waals surface area contributed by atoms with Crippen molar-refractivity contribution in [2.45, 2.75) is 31.4 Å². The minimum absolute atomic E-state index is 0.517. The third-order valence-corrected chi connectivity index (χ3v) is 3.25. The highest BCUT2D eigenvalue weighted by Gasteiger charge is 2.16. The van der Waals surface area contributed by atoms with E-state index in [9.17, 15) is 0 Å². The van der Waals surface area contributed by atoms with Crippen molar-refractivity contribution >= 4 is 17.6 Å². The molecule has 0 radical (unpaired) electrons. The van der Waals surface area contributed by atoms with Gasteiger partial charge in [-0.15, -0.1) is 0 Å². The number of nitrogens with zero attached hydrogens (tertiary/aromatic N) is 1. The average Bonchev–Trinajstić information content (AvgIpc) is 2.07. The molecule has 3 heteroatoms. The Morgan fingerprint density at radius 3 is 3.00 bits per heavy atom. The Morgan fingerprint density at radius 2 is 2.45 bits per heavy atom. The second kappa shape index (κ2) is 4.65. The van der Waals surface area contributed by atoms with Crippen LogP contribution in [0.15, 0.2) is 4.99 Å². The lowest BCUT2D eigenvalue weighted by atomic mass is 10.2. The molecule has 1 heterocycles. The van der Waals surface area contributed by atoms with Gasteiger partial charge in [0.05, 0.1) is 5.25 Å². The molecule has 0 spiro atoms. The zero-order valence-electron chi connectivity index (χ0n) is 7.05. The van der Waals surface area contributed by atoms with Gasteiger partial charge in [-0.25, -0.2) is 0 Å². The largest absolute Gasteiger partial charge is 0.387 e. The summed E-state index contributed by atoms with van der Waals surface area (Å²) in [5, 5.41) is 0.517. The summed E-state index contributed by atoms with van der Waals surface area (Å²) in [6.45, 7) is 2.85. The van der Waals surface area contributed by atoms with Crippen LogP contribution in [0.2, 0.25) is 0 Å². The van der Waals surface area contributed by atoms with Gasteiger partial charge >= 0.3 is 0 Å². The Hall–Kier alpha value is -0.180. The molecule has 0 aromatic heterocycles. The first-order chi connectivity index (χ1) is 5.34. The maximum absolute atomic E-state index is 5.79. The lowest BCUT2D eigenvalue weighted by molar-refractivity contribution is 0.729. The third-order valence-electron chi connectivity index (χ3n) is 1.85. The first kappa shape index (κ1) is 8.91. The Morgan fingerprint density at radius 1 is 1.64 bits per heavy atom. The van der Waals surface area contributed by atoms with Crippen molar-refractivity contribution in [3.8, 4) is 0 Å². The molecule has 1 fully saturated rings. The molecule has 1 atom stereocenters. The number of thioether (sulfide) groups is 1. The van der Waals surface area contributed by atoms with Crippen LogP contribution in [0.25, 0.3) is 0 Å². The topological polar surface area (TPSA) is 38.4 Å². The quantitative estimate of drug-likeness (QED) is 0.508. The summed E-state index contributed by atoms with van der Waals surface area (Å²) in [6.07, 6.45) is 3.89. The number of hydrogen-bond acceptors (Lipinski definition) is 2. The number of rotatable bonds is 2. The SMILES string of the molecule is CCN=C(N)C1CCCCS1. The van der Waals surface area contributed by atoms with E-state index < -0.39 is 0 Å².